The summed E-state index contributed by atoms with van der Waals surface area (Å²) in [6, 6.07) is 6.06. The number of fused-ring (bicyclic) bond motifs is 1. The summed E-state index contributed by atoms with van der Waals surface area (Å²) in [6.45, 7) is 5.00. The van der Waals surface area contributed by atoms with Crippen molar-refractivity contribution >= 4 is 22.9 Å². The highest BCUT2D eigenvalue weighted by molar-refractivity contribution is 7.09. The standard InChI is InChI=1S/C15H17N3O2S/c1-9(16-6-14-10(2)17-8-21-14)11-3-4-13-12(5-11)18-15(19)7-20-13/h3-5,8-9,16H,6-7H2,1-2H3,(H,18,19). The normalized spacial score (nSPS) is 15.0. The first-order valence-electron chi connectivity index (χ1n) is 6.82. The monoisotopic (exact) mass is 303 g/mol. The van der Waals surface area contributed by atoms with E-state index in [0.717, 1.165) is 29.2 Å². The predicted octanol–water partition coefficient (Wildman–Crippen LogP) is 2.63. The summed E-state index contributed by atoms with van der Waals surface area (Å²) in [6.07, 6.45) is 0. The zero-order valence-electron chi connectivity index (χ0n) is 12.0. The molecule has 6 heteroatoms. The van der Waals surface area contributed by atoms with Crippen molar-refractivity contribution in [2.75, 3.05) is 11.9 Å². The number of benzene rings is 1. The molecule has 21 heavy (non-hydrogen) atoms. The minimum atomic E-state index is -0.111. The predicted molar refractivity (Wildman–Crippen MR) is 82.7 cm³/mol. The largest absolute Gasteiger partial charge is 0.482 e. The molecule has 5 nitrogen and oxygen atoms in total. The van der Waals surface area contributed by atoms with E-state index in [1.54, 1.807) is 11.3 Å². The number of amides is 1. The fourth-order valence-corrected chi connectivity index (χ4v) is 2.96. The van der Waals surface area contributed by atoms with Crippen molar-refractivity contribution in [1.29, 1.82) is 0 Å². The summed E-state index contributed by atoms with van der Waals surface area (Å²) in [7, 11) is 0. The van der Waals surface area contributed by atoms with Crippen molar-refractivity contribution < 1.29 is 9.53 Å². The summed E-state index contributed by atoms with van der Waals surface area (Å²) < 4.78 is 5.37. The van der Waals surface area contributed by atoms with E-state index in [-0.39, 0.29) is 18.6 Å². The van der Waals surface area contributed by atoms with Crippen molar-refractivity contribution in [3.8, 4) is 5.75 Å². The Bertz CT molecular complexity index is 669. The van der Waals surface area contributed by atoms with Gasteiger partial charge in [0.25, 0.3) is 5.91 Å². The number of carbonyl (C=O) groups is 1. The first-order valence-corrected chi connectivity index (χ1v) is 7.70. The van der Waals surface area contributed by atoms with Gasteiger partial charge in [0.1, 0.15) is 5.75 Å². The van der Waals surface area contributed by atoms with Gasteiger partial charge in [0, 0.05) is 17.5 Å². The molecule has 0 spiro atoms. The highest BCUT2D eigenvalue weighted by Crippen LogP contribution is 2.30. The second-order valence-electron chi connectivity index (χ2n) is 5.06. The number of hydrogen-bond acceptors (Lipinski definition) is 5. The van der Waals surface area contributed by atoms with E-state index in [1.807, 2.05) is 30.6 Å². The van der Waals surface area contributed by atoms with E-state index >= 15 is 0 Å². The van der Waals surface area contributed by atoms with E-state index in [9.17, 15) is 4.79 Å². The van der Waals surface area contributed by atoms with Gasteiger partial charge in [-0.2, -0.15) is 0 Å². The molecule has 3 rings (SSSR count). The number of thiazole rings is 1. The van der Waals surface area contributed by atoms with Gasteiger partial charge < -0.3 is 15.4 Å². The van der Waals surface area contributed by atoms with Gasteiger partial charge in [-0.05, 0) is 31.5 Å². The van der Waals surface area contributed by atoms with Gasteiger partial charge in [0.05, 0.1) is 16.9 Å². The van der Waals surface area contributed by atoms with Gasteiger partial charge in [0.15, 0.2) is 6.61 Å². The molecule has 0 fully saturated rings. The molecule has 0 saturated carbocycles. The molecule has 1 amide bonds. The molecule has 1 aromatic carbocycles. The Kier molecular flexibility index (Phi) is 3.90. The summed E-state index contributed by atoms with van der Waals surface area (Å²) >= 11 is 1.66. The lowest BCUT2D eigenvalue weighted by molar-refractivity contribution is -0.118. The molecule has 2 aromatic rings. The lowest BCUT2D eigenvalue weighted by Crippen LogP contribution is -2.26. The molecule has 2 N–H and O–H groups in total. The fraction of sp³-hybridized carbons (Fsp3) is 0.333. The highest BCUT2D eigenvalue weighted by atomic mass is 32.1. The van der Waals surface area contributed by atoms with Crippen LogP contribution in [0.1, 0.15) is 29.1 Å². The van der Waals surface area contributed by atoms with Crippen LogP contribution in [-0.4, -0.2) is 17.5 Å². The minimum Gasteiger partial charge on any atom is -0.482 e. The van der Waals surface area contributed by atoms with Crippen molar-refractivity contribution in [3.63, 3.8) is 0 Å². The van der Waals surface area contributed by atoms with Crippen molar-refractivity contribution in [3.05, 3.63) is 39.8 Å². The van der Waals surface area contributed by atoms with Crippen LogP contribution in [-0.2, 0) is 11.3 Å². The van der Waals surface area contributed by atoms with Gasteiger partial charge in [-0.3, -0.25) is 4.79 Å². The number of carbonyl (C=O) groups excluding carboxylic acids is 1. The molecule has 1 aliphatic rings. The molecule has 1 unspecified atom stereocenters. The smallest absolute Gasteiger partial charge is 0.262 e. The number of nitrogens with zero attached hydrogens (tertiary/aromatic N) is 1. The maximum absolute atomic E-state index is 11.4. The summed E-state index contributed by atoms with van der Waals surface area (Å²) in [5.41, 5.74) is 4.79. The van der Waals surface area contributed by atoms with E-state index in [4.69, 9.17) is 4.74 Å². The molecule has 1 aromatic heterocycles. The Hall–Kier alpha value is -1.92. The fourth-order valence-electron chi connectivity index (χ4n) is 2.23. The summed E-state index contributed by atoms with van der Waals surface area (Å²) in [5, 5.41) is 6.31. The number of rotatable bonds is 4. The average molecular weight is 303 g/mol. The lowest BCUT2D eigenvalue weighted by Gasteiger charge is -2.21. The van der Waals surface area contributed by atoms with Crippen molar-refractivity contribution in [1.82, 2.24) is 10.3 Å². The van der Waals surface area contributed by atoms with E-state index in [0.29, 0.717) is 0 Å². The van der Waals surface area contributed by atoms with Crippen LogP contribution in [0.5, 0.6) is 5.75 Å². The number of aromatic nitrogens is 1. The maximum Gasteiger partial charge on any atom is 0.262 e. The van der Waals surface area contributed by atoms with Crippen LogP contribution in [0.15, 0.2) is 23.7 Å². The Labute approximate surface area is 127 Å². The third kappa shape index (κ3) is 3.06. The molecular weight excluding hydrogens is 286 g/mol. The van der Waals surface area contributed by atoms with Crippen LogP contribution in [0.4, 0.5) is 5.69 Å². The molecular formula is C15H17N3O2S. The van der Waals surface area contributed by atoms with Crippen molar-refractivity contribution in [2.45, 2.75) is 26.4 Å². The Morgan fingerprint density at radius 2 is 2.38 bits per heavy atom. The van der Waals surface area contributed by atoms with Crippen LogP contribution in [0, 0.1) is 6.92 Å². The zero-order valence-corrected chi connectivity index (χ0v) is 12.8. The van der Waals surface area contributed by atoms with E-state index in [2.05, 4.69) is 22.5 Å². The highest BCUT2D eigenvalue weighted by Gasteiger charge is 2.17. The first-order chi connectivity index (χ1) is 10.1. The number of anilines is 1. The second kappa shape index (κ2) is 5.83. The van der Waals surface area contributed by atoms with Gasteiger partial charge >= 0.3 is 0 Å². The quantitative estimate of drug-likeness (QED) is 0.911. The van der Waals surface area contributed by atoms with Gasteiger partial charge in [-0.1, -0.05) is 6.07 Å². The number of ether oxygens (including phenoxy) is 1. The lowest BCUT2D eigenvalue weighted by atomic mass is 10.1. The summed E-state index contributed by atoms with van der Waals surface area (Å²) in [5.74, 6) is 0.615. The molecule has 1 aliphatic heterocycles. The van der Waals surface area contributed by atoms with Crippen LogP contribution in [0.2, 0.25) is 0 Å². The molecule has 2 heterocycles. The van der Waals surface area contributed by atoms with Gasteiger partial charge in [-0.15, -0.1) is 11.3 Å². The molecule has 0 radical (unpaired) electrons. The summed E-state index contributed by atoms with van der Waals surface area (Å²) in [4.78, 5) is 16.9. The Morgan fingerprint density at radius 1 is 1.52 bits per heavy atom. The van der Waals surface area contributed by atoms with Gasteiger partial charge in [-0.25, -0.2) is 4.98 Å². The molecule has 110 valence electrons. The Morgan fingerprint density at radius 3 is 3.14 bits per heavy atom. The Balaban J connectivity index is 1.70. The van der Waals surface area contributed by atoms with Crippen LogP contribution in [0.25, 0.3) is 0 Å². The second-order valence-corrected chi connectivity index (χ2v) is 6.00. The third-order valence-corrected chi connectivity index (χ3v) is 4.49. The van der Waals surface area contributed by atoms with E-state index < -0.39 is 0 Å². The molecule has 0 saturated heterocycles. The van der Waals surface area contributed by atoms with Gasteiger partial charge in [0.2, 0.25) is 0 Å². The van der Waals surface area contributed by atoms with Crippen molar-refractivity contribution in [2.24, 2.45) is 0 Å². The molecule has 1 atom stereocenters. The molecule has 0 bridgehead atoms. The molecule has 0 aliphatic carbocycles. The van der Waals surface area contributed by atoms with Crippen LogP contribution < -0.4 is 15.4 Å². The first kappa shape index (κ1) is 14.0. The van der Waals surface area contributed by atoms with E-state index in [1.165, 1.54) is 4.88 Å². The zero-order chi connectivity index (χ0) is 14.8. The SMILES string of the molecule is Cc1ncsc1CNC(C)c1ccc2c(c1)NC(=O)CO2. The average Bonchev–Trinajstić information content (AvgIpc) is 2.89. The number of aryl methyl sites for hydroxylation is 1. The topological polar surface area (TPSA) is 63.2 Å². The van der Waals surface area contributed by atoms with Crippen LogP contribution >= 0.6 is 11.3 Å². The van der Waals surface area contributed by atoms with Crippen LogP contribution in [0.3, 0.4) is 0 Å². The third-order valence-electron chi connectivity index (χ3n) is 3.55. The minimum absolute atomic E-state index is 0.0881. The number of nitrogens with one attached hydrogen (secondary N) is 2. The maximum atomic E-state index is 11.4. The number of hydrogen-bond donors (Lipinski definition) is 2.